The van der Waals surface area contributed by atoms with Gasteiger partial charge in [0.2, 0.25) is 15.9 Å². The monoisotopic (exact) mass is 359 g/mol. The van der Waals surface area contributed by atoms with Crippen LogP contribution in [0.1, 0.15) is 17.3 Å². The summed E-state index contributed by atoms with van der Waals surface area (Å²) < 4.78 is 29.8. The Bertz CT molecular complexity index is 710. The number of aliphatic hydroxyl groups excluding tert-OH is 1. The molecule has 0 aromatic carbocycles. The van der Waals surface area contributed by atoms with E-state index in [1.807, 2.05) is 0 Å². The normalized spacial score (nSPS) is 24.2. The van der Waals surface area contributed by atoms with Gasteiger partial charge in [0.15, 0.2) is 0 Å². The highest BCUT2D eigenvalue weighted by Gasteiger charge is 2.46. The second-order valence-corrected chi connectivity index (χ2v) is 7.52. The summed E-state index contributed by atoms with van der Waals surface area (Å²) in [6, 6.07) is 3.12. The Kier molecular flexibility index (Phi) is 5.43. The molecule has 1 aromatic rings. The van der Waals surface area contributed by atoms with Crippen molar-refractivity contribution in [2.75, 3.05) is 32.5 Å². The number of carbonyl (C=O) groups is 1. The van der Waals surface area contributed by atoms with Gasteiger partial charge >= 0.3 is 0 Å². The molecule has 1 aliphatic heterocycles. The van der Waals surface area contributed by atoms with E-state index in [1.165, 1.54) is 11.1 Å². The number of hydrogen-bond acceptors (Lipinski definition) is 7. The standard InChI is InChI=1S/C14H21N3O6S/c1-3-23-12-10(5-4-6-15-12)13(19)17-7-11(18)14(20,9-17)8-16-24(2,21)22/h4-6,11,16,18,20H,3,7-9H2,1-2H3/t11-,14+/m1/s1. The minimum Gasteiger partial charge on any atom is -0.477 e. The number of nitrogens with zero attached hydrogens (tertiary/aromatic N) is 2. The molecule has 1 amide bonds. The Hall–Kier alpha value is -1.75. The highest BCUT2D eigenvalue weighted by Crippen LogP contribution is 2.25. The predicted octanol–water partition coefficient (Wildman–Crippen LogP) is -1.42. The van der Waals surface area contributed by atoms with E-state index >= 15 is 0 Å². The Labute approximate surface area is 140 Å². The van der Waals surface area contributed by atoms with Gasteiger partial charge in [-0.25, -0.2) is 18.1 Å². The zero-order valence-corrected chi connectivity index (χ0v) is 14.3. The summed E-state index contributed by atoms with van der Waals surface area (Å²) in [7, 11) is -3.53. The van der Waals surface area contributed by atoms with Crippen LogP contribution in [0.25, 0.3) is 0 Å². The maximum Gasteiger partial charge on any atom is 0.259 e. The summed E-state index contributed by atoms with van der Waals surface area (Å²) in [4.78, 5) is 17.9. The molecule has 1 aliphatic rings. The number of aliphatic hydroxyl groups is 2. The van der Waals surface area contributed by atoms with Crippen molar-refractivity contribution < 1.29 is 28.2 Å². The molecule has 2 atom stereocenters. The molecule has 0 radical (unpaired) electrons. The van der Waals surface area contributed by atoms with Crippen LogP contribution >= 0.6 is 0 Å². The SMILES string of the molecule is CCOc1ncccc1C(=O)N1C[C@@H](O)[C@](O)(CNS(C)(=O)=O)C1. The quantitative estimate of drug-likeness (QED) is 0.568. The highest BCUT2D eigenvalue weighted by atomic mass is 32.2. The topological polar surface area (TPSA) is 129 Å². The van der Waals surface area contributed by atoms with Crippen molar-refractivity contribution in [3.63, 3.8) is 0 Å². The molecule has 1 saturated heterocycles. The first-order valence-electron chi connectivity index (χ1n) is 7.38. The number of aromatic nitrogens is 1. The van der Waals surface area contributed by atoms with Crippen molar-refractivity contribution in [3.8, 4) is 5.88 Å². The van der Waals surface area contributed by atoms with Gasteiger partial charge in [-0.05, 0) is 19.1 Å². The lowest BCUT2D eigenvalue weighted by molar-refractivity contribution is -0.0352. The first kappa shape index (κ1) is 18.6. The molecule has 0 bridgehead atoms. The summed E-state index contributed by atoms with van der Waals surface area (Å²) in [6.07, 6.45) is 1.17. The van der Waals surface area contributed by atoms with Crippen LogP contribution in [-0.4, -0.2) is 78.6 Å². The lowest BCUT2D eigenvalue weighted by Crippen LogP contribution is -2.51. The van der Waals surface area contributed by atoms with Gasteiger partial charge in [-0.2, -0.15) is 0 Å². The average Bonchev–Trinajstić information content (AvgIpc) is 2.81. The highest BCUT2D eigenvalue weighted by molar-refractivity contribution is 7.88. The molecule has 10 heteroatoms. The molecule has 1 aromatic heterocycles. The van der Waals surface area contributed by atoms with Crippen molar-refractivity contribution in [1.82, 2.24) is 14.6 Å². The third-order valence-electron chi connectivity index (χ3n) is 3.69. The number of rotatable bonds is 6. The molecule has 9 nitrogen and oxygen atoms in total. The van der Waals surface area contributed by atoms with E-state index in [1.54, 1.807) is 19.1 Å². The van der Waals surface area contributed by atoms with Crippen molar-refractivity contribution >= 4 is 15.9 Å². The fourth-order valence-electron chi connectivity index (χ4n) is 2.44. The van der Waals surface area contributed by atoms with Crippen LogP contribution in [0.5, 0.6) is 5.88 Å². The van der Waals surface area contributed by atoms with Gasteiger partial charge in [-0.15, -0.1) is 0 Å². The summed E-state index contributed by atoms with van der Waals surface area (Å²) in [5.74, 6) is -0.287. The van der Waals surface area contributed by atoms with Gasteiger partial charge in [0.25, 0.3) is 5.91 Å². The molecule has 2 heterocycles. The first-order chi connectivity index (χ1) is 11.2. The number of carbonyl (C=O) groups excluding carboxylic acids is 1. The Balaban J connectivity index is 2.15. The molecular weight excluding hydrogens is 338 g/mol. The predicted molar refractivity (Wildman–Crippen MR) is 85.1 cm³/mol. The third-order valence-corrected chi connectivity index (χ3v) is 4.36. The molecular formula is C14H21N3O6S. The van der Waals surface area contributed by atoms with Crippen LogP contribution in [0, 0.1) is 0 Å². The Morgan fingerprint density at radius 1 is 1.58 bits per heavy atom. The maximum atomic E-state index is 12.6. The number of β-amino-alcohol motifs (C(OH)–C–C–N with tert-alkyl or cyclic N) is 2. The average molecular weight is 359 g/mol. The van der Waals surface area contributed by atoms with E-state index in [4.69, 9.17) is 4.74 Å². The second-order valence-electron chi connectivity index (χ2n) is 5.69. The minimum atomic E-state index is -3.53. The van der Waals surface area contributed by atoms with Crippen LogP contribution in [0.3, 0.4) is 0 Å². The van der Waals surface area contributed by atoms with E-state index in [0.29, 0.717) is 6.61 Å². The van der Waals surface area contributed by atoms with Gasteiger partial charge in [0, 0.05) is 19.3 Å². The molecule has 0 unspecified atom stereocenters. The molecule has 0 aliphatic carbocycles. The lowest BCUT2D eigenvalue weighted by atomic mass is 10.0. The number of pyridine rings is 1. The third kappa shape index (κ3) is 4.20. The summed E-state index contributed by atoms with van der Waals surface area (Å²) in [6.45, 7) is 1.37. The number of ether oxygens (including phenoxy) is 1. The first-order valence-corrected chi connectivity index (χ1v) is 9.27. The Morgan fingerprint density at radius 3 is 2.92 bits per heavy atom. The van der Waals surface area contributed by atoms with Crippen molar-refractivity contribution in [3.05, 3.63) is 23.9 Å². The zero-order chi connectivity index (χ0) is 18.0. The van der Waals surface area contributed by atoms with Crippen LogP contribution in [-0.2, 0) is 10.0 Å². The van der Waals surface area contributed by atoms with E-state index in [-0.39, 0.29) is 31.1 Å². The van der Waals surface area contributed by atoms with Gasteiger partial charge in [0.1, 0.15) is 17.3 Å². The fraction of sp³-hybridized carbons (Fsp3) is 0.571. The van der Waals surface area contributed by atoms with Crippen LogP contribution in [0.15, 0.2) is 18.3 Å². The number of hydrogen-bond donors (Lipinski definition) is 3. The van der Waals surface area contributed by atoms with Crippen molar-refractivity contribution in [2.24, 2.45) is 0 Å². The number of likely N-dealkylation sites (tertiary alicyclic amines) is 1. The number of nitrogens with one attached hydrogen (secondary N) is 1. The van der Waals surface area contributed by atoms with E-state index in [2.05, 4.69) is 9.71 Å². The van der Waals surface area contributed by atoms with Gasteiger partial charge in [0.05, 0.1) is 19.4 Å². The van der Waals surface area contributed by atoms with Crippen LogP contribution in [0.4, 0.5) is 0 Å². The van der Waals surface area contributed by atoms with E-state index < -0.39 is 27.6 Å². The van der Waals surface area contributed by atoms with Gasteiger partial charge in [-0.3, -0.25) is 4.79 Å². The van der Waals surface area contributed by atoms with Crippen LogP contribution < -0.4 is 9.46 Å². The summed E-state index contributed by atoms with van der Waals surface area (Å²) in [5, 5.41) is 20.5. The van der Waals surface area contributed by atoms with Crippen LogP contribution in [0.2, 0.25) is 0 Å². The molecule has 1 fully saturated rings. The molecule has 134 valence electrons. The maximum absolute atomic E-state index is 12.6. The molecule has 3 N–H and O–H groups in total. The summed E-state index contributed by atoms with van der Waals surface area (Å²) in [5.41, 5.74) is -1.54. The zero-order valence-electron chi connectivity index (χ0n) is 13.5. The number of amides is 1. The van der Waals surface area contributed by atoms with E-state index in [0.717, 1.165) is 6.26 Å². The Morgan fingerprint density at radius 2 is 2.29 bits per heavy atom. The lowest BCUT2D eigenvalue weighted by Gasteiger charge is -2.25. The fourth-order valence-corrected chi connectivity index (χ4v) is 2.95. The summed E-state index contributed by atoms with van der Waals surface area (Å²) >= 11 is 0. The van der Waals surface area contributed by atoms with E-state index in [9.17, 15) is 23.4 Å². The minimum absolute atomic E-state index is 0.124. The number of sulfonamides is 1. The van der Waals surface area contributed by atoms with Gasteiger partial charge in [-0.1, -0.05) is 0 Å². The van der Waals surface area contributed by atoms with Crippen molar-refractivity contribution in [1.29, 1.82) is 0 Å². The largest absolute Gasteiger partial charge is 0.477 e. The van der Waals surface area contributed by atoms with Crippen molar-refractivity contribution in [2.45, 2.75) is 18.6 Å². The molecule has 0 saturated carbocycles. The smallest absolute Gasteiger partial charge is 0.259 e. The molecule has 24 heavy (non-hydrogen) atoms. The van der Waals surface area contributed by atoms with Gasteiger partial charge < -0.3 is 19.8 Å². The molecule has 0 spiro atoms. The second kappa shape index (κ2) is 7.01. The molecule has 2 rings (SSSR count).